The maximum Gasteiger partial charge on any atom is 0.234 e. The van der Waals surface area contributed by atoms with Gasteiger partial charge in [-0.25, -0.2) is 0 Å². The molecule has 20 heavy (non-hydrogen) atoms. The topological polar surface area (TPSA) is 50.4 Å². The highest BCUT2D eigenvalue weighted by Crippen LogP contribution is 2.29. The fraction of sp³-hybridized carbons (Fsp3) is 0.938. The van der Waals surface area contributed by atoms with E-state index in [-0.39, 0.29) is 18.1 Å². The van der Waals surface area contributed by atoms with Crippen LogP contribution in [0.15, 0.2) is 0 Å². The minimum atomic E-state index is 0.126. The summed E-state index contributed by atoms with van der Waals surface area (Å²) in [5.74, 6) is 1.43. The number of nitrogens with one attached hydrogen (secondary N) is 2. The van der Waals surface area contributed by atoms with Crippen LogP contribution in [0.4, 0.5) is 0 Å². The van der Waals surface area contributed by atoms with E-state index in [2.05, 4.69) is 31.4 Å². The molecule has 2 fully saturated rings. The molecule has 4 heteroatoms. The van der Waals surface area contributed by atoms with Gasteiger partial charge in [-0.1, -0.05) is 26.7 Å². The molecular weight excluding hydrogens is 252 g/mol. The van der Waals surface area contributed by atoms with E-state index in [1.54, 1.807) is 0 Å². The van der Waals surface area contributed by atoms with Crippen LogP contribution in [0.1, 0.15) is 52.9 Å². The van der Waals surface area contributed by atoms with Crippen LogP contribution in [0.2, 0.25) is 0 Å². The van der Waals surface area contributed by atoms with E-state index in [0.29, 0.717) is 24.4 Å². The molecule has 1 aliphatic carbocycles. The molecule has 0 bridgehead atoms. The van der Waals surface area contributed by atoms with E-state index < -0.39 is 0 Å². The van der Waals surface area contributed by atoms with Crippen molar-refractivity contribution in [1.29, 1.82) is 0 Å². The third-order valence-corrected chi connectivity index (χ3v) is 5.16. The third kappa shape index (κ3) is 4.19. The van der Waals surface area contributed by atoms with Crippen LogP contribution in [0.3, 0.4) is 0 Å². The molecule has 1 aliphatic heterocycles. The lowest BCUT2D eigenvalue weighted by molar-refractivity contribution is -0.121. The smallest absolute Gasteiger partial charge is 0.234 e. The Balaban J connectivity index is 1.69. The number of hydrogen-bond acceptors (Lipinski definition) is 3. The van der Waals surface area contributed by atoms with E-state index >= 15 is 0 Å². The second-order valence-electron chi connectivity index (χ2n) is 6.66. The Morgan fingerprint density at radius 1 is 1.25 bits per heavy atom. The van der Waals surface area contributed by atoms with Crippen molar-refractivity contribution in [3.63, 3.8) is 0 Å². The molecule has 1 saturated heterocycles. The monoisotopic (exact) mass is 282 g/mol. The first-order valence-corrected chi connectivity index (χ1v) is 8.22. The number of carbonyl (C=O) groups is 1. The zero-order valence-corrected chi connectivity index (χ0v) is 13.2. The molecule has 2 aliphatic rings. The first-order valence-electron chi connectivity index (χ1n) is 8.22. The largest absolute Gasteiger partial charge is 0.377 e. The molecular formula is C16H30N2O2. The van der Waals surface area contributed by atoms with Gasteiger partial charge in [0.05, 0.1) is 12.6 Å². The first-order chi connectivity index (χ1) is 9.58. The fourth-order valence-electron chi connectivity index (χ4n) is 3.43. The lowest BCUT2D eigenvalue weighted by atomic mass is 9.78. The van der Waals surface area contributed by atoms with Crippen molar-refractivity contribution in [3.8, 4) is 0 Å². The maximum absolute atomic E-state index is 12.1. The van der Waals surface area contributed by atoms with E-state index in [9.17, 15) is 4.79 Å². The number of ether oxygens (including phenoxy) is 1. The molecule has 4 nitrogen and oxygen atoms in total. The van der Waals surface area contributed by atoms with Crippen molar-refractivity contribution in [2.24, 2.45) is 11.8 Å². The van der Waals surface area contributed by atoms with Crippen LogP contribution in [-0.4, -0.2) is 37.2 Å². The number of rotatable bonds is 5. The van der Waals surface area contributed by atoms with E-state index in [0.717, 1.165) is 25.9 Å². The number of carbonyl (C=O) groups excluding carboxylic acids is 1. The zero-order chi connectivity index (χ0) is 14.5. The molecule has 0 aromatic rings. The Labute approximate surface area is 123 Å². The molecule has 0 spiro atoms. The molecule has 0 aromatic heterocycles. The van der Waals surface area contributed by atoms with Crippen molar-refractivity contribution in [1.82, 2.24) is 10.6 Å². The van der Waals surface area contributed by atoms with Crippen molar-refractivity contribution < 1.29 is 9.53 Å². The predicted molar refractivity (Wildman–Crippen MR) is 80.5 cm³/mol. The molecule has 1 saturated carbocycles. The van der Waals surface area contributed by atoms with Gasteiger partial charge in [-0.15, -0.1) is 0 Å². The van der Waals surface area contributed by atoms with Crippen LogP contribution in [-0.2, 0) is 9.53 Å². The second kappa shape index (κ2) is 7.41. The third-order valence-electron chi connectivity index (χ3n) is 5.16. The van der Waals surface area contributed by atoms with E-state index in [1.807, 2.05) is 0 Å². The van der Waals surface area contributed by atoms with Crippen molar-refractivity contribution in [3.05, 3.63) is 0 Å². The maximum atomic E-state index is 12.1. The average Bonchev–Trinajstić information content (AvgIpc) is 2.95. The van der Waals surface area contributed by atoms with Gasteiger partial charge in [-0.05, 0) is 38.0 Å². The predicted octanol–water partition coefficient (Wildman–Crippen LogP) is 2.08. The van der Waals surface area contributed by atoms with Gasteiger partial charge in [0.15, 0.2) is 0 Å². The highest BCUT2D eigenvalue weighted by molar-refractivity contribution is 5.78. The minimum absolute atomic E-state index is 0.126. The Bertz CT molecular complexity index is 316. The molecule has 2 N–H and O–H groups in total. The molecule has 1 heterocycles. The summed E-state index contributed by atoms with van der Waals surface area (Å²) in [6, 6.07) is 0.608. The minimum Gasteiger partial charge on any atom is -0.377 e. The van der Waals surface area contributed by atoms with Crippen LogP contribution >= 0.6 is 0 Å². The van der Waals surface area contributed by atoms with Crippen LogP contribution in [0, 0.1) is 11.8 Å². The molecule has 5 atom stereocenters. The van der Waals surface area contributed by atoms with Crippen LogP contribution in [0.25, 0.3) is 0 Å². The molecule has 0 unspecified atom stereocenters. The van der Waals surface area contributed by atoms with Crippen molar-refractivity contribution >= 4 is 5.91 Å². The van der Waals surface area contributed by atoms with Gasteiger partial charge in [-0.3, -0.25) is 4.79 Å². The second-order valence-corrected chi connectivity index (χ2v) is 6.66. The van der Waals surface area contributed by atoms with Gasteiger partial charge in [0.1, 0.15) is 0 Å². The Morgan fingerprint density at radius 3 is 2.75 bits per heavy atom. The summed E-state index contributed by atoms with van der Waals surface area (Å²) >= 11 is 0. The van der Waals surface area contributed by atoms with E-state index in [4.69, 9.17) is 4.74 Å². The quantitative estimate of drug-likeness (QED) is 0.812. The number of hydrogen-bond donors (Lipinski definition) is 2. The normalized spacial score (nSPS) is 35.8. The molecule has 116 valence electrons. The average molecular weight is 282 g/mol. The molecule has 1 amide bonds. The van der Waals surface area contributed by atoms with Gasteiger partial charge in [-0.2, -0.15) is 0 Å². The van der Waals surface area contributed by atoms with Crippen molar-refractivity contribution in [2.45, 2.75) is 71.1 Å². The summed E-state index contributed by atoms with van der Waals surface area (Å²) in [7, 11) is 0. The summed E-state index contributed by atoms with van der Waals surface area (Å²) < 4.78 is 5.63. The fourth-order valence-corrected chi connectivity index (χ4v) is 3.43. The van der Waals surface area contributed by atoms with Gasteiger partial charge in [0.25, 0.3) is 0 Å². The van der Waals surface area contributed by atoms with E-state index in [1.165, 1.54) is 12.8 Å². The summed E-state index contributed by atoms with van der Waals surface area (Å²) in [4.78, 5) is 12.1. The highest BCUT2D eigenvalue weighted by Gasteiger charge is 2.28. The summed E-state index contributed by atoms with van der Waals surface area (Å²) in [6.45, 7) is 7.92. The summed E-state index contributed by atoms with van der Waals surface area (Å²) in [5.41, 5.74) is 0. The lowest BCUT2D eigenvalue weighted by Gasteiger charge is -2.34. The lowest BCUT2D eigenvalue weighted by Crippen LogP contribution is -2.49. The molecule has 0 radical (unpaired) electrons. The Morgan fingerprint density at radius 2 is 2.05 bits per heavy atom. The van der Waals surface area contributed by atoms with Crippen LogP contribution < -0.4 is 10.6 Å². The zero-order valence-electron chi connectivity index (χ0n) is 13.2. The molecule has 2 rings (SSSR count). The van der Waals surface area contributed by atoms with Crippen molar-refractivity contribution in [2.75, 3.05) is 13.2 Å². The number of amides is 1. The molecule has 0 aromatic carbocycles. The SMILES string of the molecule is C[C@@H]1[C@H](C)CCC[C@@H]1NC(=O)CN[C@H](C)[C@H]1CCCO1. The Hall–Kier alpha value is -0.610. The van der Waals surface area contributed by atoms with Gasteiger partial charge in [0, 0.05) is 18.7 Å². The summed E-state index contributed by atoms with van der Waals surface area (Å²) in [5, 5.41) is 6.51. The van der Waals surface area contributed by atoms with Gasteiger partial charge >= 0.3 is 0 Å². The standard InChI is InChI=1S/C16H30N2O2/c1-11-6-4-7-14(12(11)2)18-16(19)10-17-13(3)15-8-5-9-20-15/h11-15,17H,4-10H2,1-3H3,(H,18,19)/t11-,12-,13-,14+,15-/m1/s1. The summed E-state index contributed by atoms with van der Waals surface area (Å²) in [6.07, 6.45) is 6.17. The van der Waals surface area contributed by atoms with Gasteiger partial charge < -0.3 is 15.4 Å². The highest BCUT2D eigenvalue weighted by atomic mass is 16.5. The van der Waals surface area contributed by atoms with Gasteiger partial charge in [0.2, 0.25) is 5.91 Å². The Kier molecular flexibility index (Phi) is 5.85. The van der Waals surface area contributed by atoms with Crippen LogP contribution in [0.5, 0.6) is 0 Å². The first kappa shape index (κ1) is 15.8.